The van der Waals surface area contributed by atoms with Crippen molar-refractivity contribution in [1.29, 1.82) is 0 Å². The van der Waals surface area contributed by atoms with E-state index in [1.54, 1.807) is 28.7 Å². The molecule has 2 heterocycles. The maximum Gasteiger partial charge on any atom is 0.293 e. The Morgan fingerprint density at radius 3 is 2.32 bits per heavy atom. The van der Waals surface area contributed by atoms with Crippen LogP contribution in [0.3, 0.4) is 0 Å². The van der Waals surface area contributed by atoms with E-state index in [-0.39, 0.29) is 10.6 Å². The van der Waals surface area contributed by atoms with Crippen molar-refractivity contribution >= 4 is 29.4 Å². The summed E-state index contributed by atoms with van der Waals surface area (Å²) in [6.07, 6.45) is 1.62. The molecule has 1 aliphatic heterocycles. The predicted molar refractivity (Wildman–Crippen MR) is 151 cm³/mol. The highest BCUT2D eigenvalue weighted by Gasteiger charge is 2.24. The lowest BCUT2D eigenvalue weighted by Crippen LogP contribution is -2.46. The van der Waals surface area contributed by atoms with Crippen LogP contribution in [0.4, 0.5) is 11.4 Å². The SMILES string of the molecule is Cc1nnc(SCc2ccccc2)n1/N=C\c1ccc(N2CCN(Cc3ccccc3)CC2)c([N+](=O)[O-])c1. The molecule has 1 aliphatic rings. The minimum absolute atomic E-state index is 0.0876. The van der Waals surface area contributed by atoms with Crippen molar-refractivity contribution in [3.8, 4) is 0 Å². The Morgan fingerprint density at radius 2 is 1.63 bits per heavy atom. The zero-order valence-electron chi connectivity index (χ0n) is 21.2. The van der Waals surface area contributed by atoms with Gasteiger partial charge in [0, 0.05) is 50.1 Å². The highest BCUT2D eigenvalue weighted by atomic mass is 32.2. The molecule has 9 nitrogen and oxygen atoms in total. The van der Waals surface area contributed by atoms with E-state index in [1.165, 1.54) is 11.1 Å². The van der Waals surface area contributed by atoms with Gasteiger partial charge in [0.2, 0.25) is 5.16 Å². The molecule has 1 fully saturated rings. The maximum atomic E-state index is 12.0. The molecule has 0 saturated carbocycles. The first-order valence-corrected chi connectivity index (χ1v) is 13.5. The average molecular weight is 528 g/mol. The van der Waals surface area contributed by atoms with E-state index in [2.05, 4.69) is 61.5 Å². The molecule has 10 heteroatoms. The number of hydrogen-bond acceptors (Lipinski definition) is 8. The molecule has 194 valence electrons. The van der Waals surface area contributed by atoms with Crippen molar-refractivity contribution < 1.29 is 4.92 Å². The molecule has 0 spiro atoms. The van der Waals surface area contributed by atoms with Crippen LogP contribution in [-0.2, 0) is 12.3 Å². The summed E-state index contributed by atoms with van der Waals surface area (Å²) in [5, 5.41) is 25.6. The first-order valence-electron chi connectivity index (χ1n) is 12.5. The van der Waals surface area contributed by atoms with Gasteiger partial charge in [0.05, 0.1) is 11.1 Å². The molecule has 4 aromatic rings. The number of nitro groups is 1. The van der Waals surface area contributed by atoms with Crippen molar-refractivity contribution in [2.45, 2.75) is 24.4 Å². The van der Waals surface area contributed by atoms with Gasteiger partial charge < -0.3 is 4.90 Å². The Balaban J connectivity index is 1.26. The van der Waals surface area contributed by atoms with Crippen molar-refractivity contribution in [3.05, 3.63) is 111 Å². The first kappa shape index (κ1) is 25.6. The summed E-state index contributed by atoms with van der Waals surface area (Å²) in [5.41, 5.74) is 3.84. The van der Waals surface area contributed by atoms with E-state index in [9.17, 15) is 10.1 Å². The summed E-state index contributed by atoms with van der Waals surface area (Å²) in [5.74, 6) is 1.39. The number of thioether (sulfide) groups is 1. The van der Waals surface area contributed by atoms with E-state index in [0.717, 1.165) is 38.5 Å². The lowest BCUT2D eigenvalue weighted by Gasteiger charge is -2.35. The first-order chi connectivity index (χ1) is 18.6. The Kier molecular flexibility index (Phi) is 8.10. The molecule has 1 aromatic heterocycles. The Bertz CT molecular complexity index is 1400. The molecule has 0 unspecified atom stereocenters. The molecule has 5 rings (SSSR count). The van der Waals surface area contributed by atoms with Crippen LogP contribution in [0.1, 0.15) is 22.5 Å². The molecule has 0 amide bonds. The van der Waals surface area contributed by atoms with Crippen molar-refractivity contribution in [2.75, 3.05) is 31.1 Å². The molecule has 0 bridgehead atoms. The number of hydrogen-bond donors (Lipinski definition) is 0. The lowest BCUT2D eigenvalue weighted by atomic mass is 10.1. The Labute approximate surface area is 226 Å². The molecule has 1 saturated heterocycles. The number of rotatable bonds is 9. The second-order valence-electron chi connectivity index (χ2n) is 9.11. The number of piperazine rings is 1. The lowest BCUT2D eigenvalue weighted by molar-refractivity contribution is -0.384. The van der Waals surface area contributed by atoms with Gasteiger partial charge in [-0.15, -0.1) is 10.2 Å². The highest BCUT2D eigenvalue weighted by Crippen LogP contribution is 2.30. The summed E-state index contributed by atoms with van der Waals surface area (Å²) in [7, 11) is 0. The van der Waals surface area contributed by atoms with E-state index in [1.807, 2.05) is 43.3 Å². The number of nitrogens with zero attached hydrogens (tertiary/aromatic N) is 7. The number of anilines is 1. The van der Waals surface area contributed by atoms with Gasteiger partial charge in [-0.3, -0.25) is 15.0 Å². The molecule has 3 aromatic carbocycles. The second-order valence-corrected chi connectivity index (χ2v) is 10.1. The quantitative estimate of drug-likeness (QED) is 0.131. The third-order valence-electron chi connectivity index (χ3n) is 6.46. The van der Waals surface area contributed by atoms with Gasteiger partial charge in [-0.25, -0.2) is 0 Å². The monoisotopic (exact) mass is 527 g/mol. The van der Waals surface area contributed by atoms with Crippen molar-refractivity contribution in [3.63, 3.8) is 0 Å². The molecular weight excluding hydrogens is 498 g/mol. The van der Waals surface area contributed by atoms with Gasteiger partial charge in [0.1, 0.15) is 5.69 Å². The van der Waals surface area contributed by atoms with Crippen LogP contribution in [-0.4, -0.2) is 57.1 Å². The Morgan fingerprint density at radius 1 is 0.947 bits per heavy atom. The Hall–Kier alpha value is -4.02. The summed E-state index contributed by atoms with van der Waals surface area (Å²) in [6, 6.07) is 25.8. The fraction of sp³-hybridized carbons (Fsp3) is 0.250. The summed E-state index contributed by atoms with van der Waals surface area (Å²) in [4.78, 5) is 16.1. The van der Waals surface area contributed by atoms with Crippen LogP contribution < -0.4 is 4.90 Å². The van der Waals surface area contributed by atoms with Gasteiger partial charge in [0.25, 0.3) is 5.69 Å². The third kappa shape index (κ3) is 6.27. The standard InChI is InChI=1S/C28H29N7O2S/c1-22-30-31-28(38-21-24-10-6-3-7-11-24)34(22)29-19-25-12-13-26(27(18-25)35(36)37)33-16-14-32(15-17-33)20-23-8-4-2-5-9-23/h2-13,18-19H,14-17,20-21H2,1H3/b29-19-. The van der Waals surface area contributed by atoms with Crippen molar-refractivity contribution in [1.82, 2.24) is 19.8 Å². The van der Waals surface area contributed by atoms with E-state index in [4.69, 9.17) is 0 Å². The van der Waals surface area contributed by atoms with Crippen molar-refractivity contribution in [2.24, 2.45) is 5.10 Å². The van der Waals surface area contributed by atoms with Crippen LogP contribution in [0.15, 0.2) is 89.1 Å². The number of nitro benzene ring substituents is 1. The summed E-state index contributed by atoms with van der Waals surface area (Å²) < 4.78 is 1.67. The fourth-order valence-corrected chi connectivity index (χ4v) is 5.32. The minimum atomic E-state index is -0.311. The predicted octanol–water partition coefficient (Wildman–Crippen LogP) is 4.99. The van der Waals surface area contributed by atoms with Gasteiger partial charge in [-0.05, 0) is 24.1 Å². The van der Waals surface area contributed by atoms with Gasteiger partial charge in [-0.1, -0.05) is 78.5 Å². The average Bonchev–Trinajstić information content (AvgIpc) is 3.31. The van der Waals surface area contributed by atoms with Crippen LogP contribution in [0, 0.1) is 17.0 Å². The zero-order chi connectivity index (χ0) is 26.3. The van der Waals surface area contributed by atoms with Gasteiger partial charge in [0.15, 0.2) is 5.82 Å². The van der Waals surface area contributed by atoms with E-state index >= 15 is 0 Å². The normalized spacial score (nSPS) is 14.3. The number of aromatic nitrogens is 3. The molecule has 0 radical (unpaired) electrons. The smallest absolute Gasteiger partial charge is 0.293 e. The van der Waals surface area contributed by atoms with E-state index < -0.39 is 0 Å². The van der Waals surface area contributed by atoms with E-state index in [0.29, 0.717) is 22.2 Å². The number of benzene rings is 3. The summed E-state index contributed by atoms with van der Waals surface area (Å²) in [6.45, 7) is 5.91. The maximum absolute atomic E-state index is 12.0. The number of aryl methyl sites for hydroxylation is 1. The second kappa shape index (κ2) is 12.0. The van der Waals surface area contributed by atoms with Crippen LogP contribution in [0.25, 0.3) is 0 Å². The van der Waals surface area contributed by atoms with Crippen LogP contribution in [0.2, 0.25) is 0 Å². The van der Waals surface area contributed by atoms with Crippen LogP contribution >= 0.6 is 11.8 Å². The molecule has 38 heavy (non-hydrogen) atoms. The third-order valence-corrected chi connectivity index (χ3v) is 7.45. The van der Waals surface area contributed by atoms with Gasteiger partial charge >= 0.3 is 0 Å². The molecule has 0 atom stereocenters. The topological polar surface area (TPSA) is 92.7 Å². The van der Waals surface area contributed by atoms with Gasteiger partial charge in [-0.2, -0.15) is 9.78 Å². The fourth-order valence-electron chi connectivity index (χ4n) is 4.43. The van der Waals surface area contributed by atoms with Crippen LogP contribution in [0.5, 0.6) is 0 Å². The zero-order valence-corrected chi connectivity index (χ0v) is 22.0. The largest absolute Gasteiger partial charge is 0.363 e. The molecular formula is C28H29N7O2S. The molecule has 0 aliphatic carbocycles. The highest BCUT2D eigenvalue weighted by molar-refractivity contribution is 7.98. The molecule has 0 N–H and O–H groups in total. The summed E-state index contributed by atoms with van der Waals surface area (Å²) >= 11 is 1.54. The minimum Gasteiger partial charge on any atom is -0.363 e.